The summed E-state index contributed by atoms with van der Waals surface area (Å²) >= 11 is 0. The number of carbonyl (C=O) groups is 6. The Balaban J connectivity index is 1.44. The van der Waals surface area contributed by atoms with Gasteiger partial charge in [0.15, 0.2) is 6.10 Å². The van der Waals surface area contributed by atoms with Crippen molar-refractivity contribution in [2.45, 2.75) is 64.3 Å². The summed E-state index contributed by atoms with van der Waals surface area (Å²) in [5.41, 5.74) is 0.561. The summed E-state index contributed by atoms with van der Waals surface area (Å²) in [6.45, 7) is 3.97. The Hall–Kier alpha value is -4.42. The lowest BCUT2D eigenvalue weighted by Crippen LogP contribution is -2.52. The number of esters is 1. The minimum absolute atomic E-state index is 0.0185. The first kappa shape index (κ1) is 38.0. The maximum Gasteiger partial charge on any atom is 0.333 e. The zero-order valence-electron chi connectivity index (χ0n) is 26.6. The van der Waals surface area contributed by atoms with Gasteiger partial charge < -0.3 is 49.6 Å². The van der Waals surface area contributed by atoms with Crippen molar-refractivity contribution in [1.29, 1.82) is 0 Å². The van der Waals surface area contributed by atoms with Gasteiger partial charge in [-0.3, -0.25) is 28.9 Å². The molecule has 17 nitrogen and oxygen atoms in total. The van der Waals surface area contributed by atoms with Crippen LogP contribution in [0.4, 0.5) is 5.69 Å². The number of carboxylic acids is 1. The maximum absolute atomic E-state index is 12.8. The number of carboxylic acid groups (broad SMARTS) is 1. The van der Waals surface area contributed by atoms with E-state index in [2.05, 4.69) is 10.6 Å². The average molecular weight is 680 g/mol. The van der Waals surface area contributed by atoms with Crippen LogP contribution in [0, 0.1) is 5.92 Å². The van der Waals surface area contributed by atoms with E-state index >= 15 is 0 Å². The predicted molar refractivity (Wildman–Crippen MR) is 163 cm³/mol. The van der Waals surface area contributed by atoms with E-state index in [1.165, 1.54) is 30.4 Å². The molecule has 48 heavy (non-hydrogen) atoms. The first-order valence-corrected chi connectivity index (χ1v) is 15.3. The summed E-state index contributed by atoms with van der Waals surface area (Å²) in [4.78, 5) is 72.3. The second kappa shape index (κ2) is 18.8. The minimum Gasteiger partial charge on any atom is -0.479 e. The number of aliphatic hydroxyl groups excluding tert-OH is 2. The summed E-state index contributed by atoms with van der Waals surface area (Å²) in [5.74, 6) is -3.85. The Kier molecular flexibility index (Phi) is 14.9. The van der Waals surface area contributed by atoms with Crippen LogP contribution in [0.3, 0.4) is 0 Å². The lowest BCUT2D eigenvalue weighted by atomic mass is 10.0. The second-order valence-electron chi connectivity index (χ2n) is 11.1. The van der Waals surface area contributed by atoms with E-state index in [1.807, 2.05) is 0 Å². The molecule has 5 N–H and O–H groups in total. The second-order valence-corrected chi connectivity index (χ2v) is 11.1. The van der Waals surface area contributed by atoms with Gasteiger partial charge in [-0.15, -0.1) is 0 Å². The number of ether oxygens (including phenoxy) is 5. The number of benzene rings is 1. The molecule has 1 aromatic carbocycles. The smallest absolute Gasteiger partial charge is 0.333 e. The number of hydrogen-bond acceptors (Lipinski definition) is 13. The number of amides is 4. The normalized spacial score (nSPS) is 20.6. The van der Waals surface area contributed by atoms with Crippen molar-refractivity contribution in [3.63, 3.8) is 0 Å². The van der Waals surface area contributed by atoms with Gasteiger partial charge in [0.1, 0.15) is 18.5 Å². The molecular formula is C31H41N3O14. The third-order valence-electron chi connectivity index (χ3n) is 7.00. The van der Waals surface area contributed by atoms with Crippen molar-refractivity contribution in [3.8, 4) is 5.75 Å². The van der Waals surface area contributed by atoms with Crippen molar-refractivity contribution < 1.29 is 67.8 Å². The molecule has 0 radical (unpaired) electrons. The molecule has 4 amide bonds. The van der Waals surface area contributed by atoms with Gasteiger partial charge in [0.05, 0.1) is 50.7 Å². The molecule has 1 unspecified atom stereocenters. The molecule has 3 rings (SSSR count). The van der Waals surface area contributed by atoms with Gasteiger partial charge in [-0.05, 0) is 17.7 Å². The van der Waals surface area contributed by atoms with E-state index in [-0.39, 0.29) is 100 Å². The van der Waals surface area contributed by atoms with Gasteiger partial charge in [-0.1, -0.05) is 19.9 Å². The predicted octanol–water partition coefficient (Wildman–Crippen LogP) is -0.521. The SMILES string of the molecule is CC(C)C(=O)OCc1ccc(O[C@@H]2O[C@H](C(=O)O)CC(O)[C@H]2O)c(NC(=O)CCNC(=O)CCOCCOCCN2C(=O)C=CC2=O)c1. The molecule has 2 heterocycles. The monoisotopic (exact) mass is 679 g/mol. The number of hydrogen-bond donors (Lipinski definition) is 5. The van der Waals surface area contributed by atoms with E-state index in [1.54, 1.807) is 13.8 Å². The van der Waals surface area contributed by atoms with Crippen LogP contribution in [-0.4, -0.2) is 120 Å². The van der Waals surface area contributed by atoms with E-state index in [4.69, 9.17) is 23.7 Å². The summed E-state index contributed by atoms with van der Waals surface area (Å²) in [6.07, 6.45) is -4.13. The van der Waals surface area contributed by atoms with Crippen LogP contribution in [0.2, 0.25) is 0 Å². The fraction of sp³-hybridized carbons (Fsp3) is 0.548. The van der Waals surface area contributed by atoms with Crippen LogP contribution in [0.5, 0.6) is 5.75 Å². The number of carbonyl (C=O) groups excluding carboxylic acids is 5. The number of imide groups is 1. The van der Waals surface area contributed by atoms with Crippen LogP contribution in [0.1, 0.15) is 38.7 Å². The topological polar surface area (TPSA) is 237 Å². The number of rotatable bonds is 19. The molecule has 2 aliphatic heterocycles. The van der Waals surface area contributed by atoms with E-state index in [0.717, 1.165) is 4.90 Å². The Bertz CT molecular complexity index is 1330. The Labute approximate surface area is 276 Å². The van der Waals surface area contributed by atoms with Gasteiger partial charge in [-0.25, -0.2) is 4.79 Å². The summed E-state index contributed by atoms with van der Waals surface area (Å²) in [7, 11) is 0. The first-order valence-electron chi connectivity index (χ1n) is 15.3. The molecule has 264 valence electrons. The van der Waals surface area contributed by atoms with Gasteiger partial charge >= 0.3 is 11.9 Å². The number of aliphatic hydroxyl groups is 2. The van der Waals surface area contributed by atoms with Crippen LogP contribution >= 0.6 is 0 Å². The fourth-order valence-electron chi connectivity index (χ4n) is 4.32. The number of aliphatic carboxylic acids is 1. The highest BCUT2D eigenvalue weighted by molar-refractivity contribution is 6.12. The summed E-state index contributed by atoms with van der Waals surface area (Å²) in [5, 5.41) is 35.0. The van der Waals surface area contributed by atoms with Crippen molar-refractivity contribution in [3.05, 3.63) is 35.9 Å². The average Bonchev–Trinajstić information content (AvgIpc) is 3.36. The van der Waals surface area contributed by atoms with Gasteiger partial charge in [0, 0.05) is 38.0 Å². The molecule has 1 aromatic rings. The molecule has 1 saturated heterocycles. The Morgan fingerprint density at radius 1 is 0.979 bits per heavy atom. The highest BCUT2D eigenvalue weighted by Crippen LogP contribution is 2.31. The third-order valence-corrected chi connectivity index (χ3v) is 7.00. The Morgan fingerprint density at radius 2 is 1.67 bits per heavy atom. The minimum atomic E-state index is -1.58. The molecular weight excluding hydrogens is 638 g/mol. The van der Waals surface area contributed by atoms with Crippen molar-refractivity contribution in [2.24, 2.45) is 5.92 Å². The van der Waals surface area contributed by atoms with Gasteiger partial charge in [0.2, 0.25) is 18.1 Å². The molecule has 2 aliphatic rings. The van der Waals surface area contributed by atoms with Gasteiger partial charge in [-0.2, -0.15) is 0 Å². The van der Waals surface area contributed by atoms with Crippen LogP contribution in [0.25, 0.3) is 0 Å². The molecule has 0 bridgehead atoms. The number of nitrogens with zero attached hydrogens (tertiary/aromatic N) is 1. The fourth-order valence-corrected chi connectivity index (χ4v) is 4.32. The van der Waals surface area contributed by atoms with Crippen LogP contribution in [-0.2, 0) is 54.3 Å². The summed E-state index contributed by atoms with van der Waals surface area (Å²) in [6, 6.07) is 4.40. The zero-order valence-corrected chi connectivity index (χ0v) is 26.6. The van der Waals surface area contributed by atoms with E-state index in [0.29, 0.717) is 5.56 Å². The highest BCUT2D eigenvalue weighted by Gasteiger charge is 2.41. The highest BCUT2D eigenvalue weighted by atomic mass is 16.7. The molecule has 0 aliphatic carbocycles. The molecule has 1 fully saturated rings. The lowest BCUT2D eigenvalue weighted by molar-refractivity contribution is -0.238. The first-order chi connectivity index (χ1) is 22.8. The third kappa shape index (κ3) is 12.0. The quantitative estimate of drug-likeness (QED) is 0.0703. The zero-order chi connectivity index (χ0) is 35.2. The number of nitrogens with one attached hydrogen (secondary N) is 2. The molecule has 0 saturated carbocycles. The molecule has 0 spiro atoms. The largest absolute Gasteiger partial charge is 0.479 e. The molecule has 0 aromatic heterocycles. The van der Waals surface area contributed by atoms with Crippen molar-refractivity contribution >= 4 is 41.3 Å². The van der Waals surface area contributed by atoms with Crippen LogP contribution in [0.15, 0.2) is 30.4 Å². The van der Waals surface area contributed by atoms with Crippen LogP contribution < -0.4 is 15.4 Å². The summed E-state index contributed by atoms with van der Waals surface area (Å²) < 4.78 is 26.9. The lowest BCUT2D eigenvalue weighted by Gasteiger charge is -2.35. The van der Waals surface area contributed by atoms with E-state index < -0.39 is 42.4 Å². The molecule has 17 heteroatoms. The van der Waals surface area contributed by atoms with Gasteiger partial charge in [0.25, 0.3) is 11.8 Å². The van der Waals surface area contributed by atoms with Crippen molar-refractivity contribution in [2.75, 3.05) is 44.8 Å². The standard InChI is InChI=1S/C31H41N3O14/c1-18(2)30(43)46-17-19-3-4-22(47-31-28(40)21(35)16-23(48-31)29(41)42)20(15-19)33-25(37)7-9-32-24(36)8-11-44-13-14-45-12-10-34-26(38)5-6-27(34)39/h3-6,15,18,21,23,28,31,35,40H,7-14,16-17H2,1-2H3,(H,32,36)(H,33,37)(H,41,42)/t21?,23-,28+,31+/m0/s1. The number of anilines is 1. The van der Waals surface area contributed by atoms with E-state index in [9.17, 15) is 44.1 Å². The van der Waals surface area contributed by atoms with Crippen molar-refractivity contribution in [1.82, 2.24) is 10.2 Å². The Morgan fingerprint density at radius 3 is 2.33 bits per heavy atom. The maximum atomic E-state index is 12.8. The molecule has 4 atom stereocenters.